The van der Waals surface area contributed by atoms with E-state index in [2.05, 4.69) is 15.3 Å². The first-order valence-corrected chi connectivity index (χ1v) is 11.7. The molecule has 2 aliphatic rings. The molecule has 3 heterocycles. The summed E-state index contributed by atoms with van der Waals surface area (Å²) in [6.07, 6.45) is -0.319. The minimum absolute atomic E-state index is 0.120. The van der Waals surface area contributed by atoms with Gasteiger partial charge >= 0.3 is 6.18 Å². The number of nitrogens with one attached hydrogen (secondary N) is 1. The molecule has 1 aliphatic heterocycles. The lowest BCUT2D eigenvalue weighted by Gasteiger charge is -2.25. The van der Waals surface area contributed by atoms with Crippen molar-refractivity contribution in [3.8, 4) is 10.4 Å². The van der Waals surface area contributed by atoms with Gasteiger partial charge in [0.05, 0.1) is 15.4 Å². The Balaban J connectivity index is 1.38. The van der Waals surface area contributed by atoms with Crippen LogP contribution in [0.2, 0.25) is 0 Å². The molecule has 1 N–H and O–H groups in total. The molecule has 5 rings (SSSR count). The van der Waals surface area contributed by atoms with E-state index in [0.717, 1.165) is 53.0 Å². The van der Waals surface area contributed by atoms with Crippen molar-refractivity contribution in [2.75, 3.05) is 18.4 Å². The van der Waals surface area contributed by atoms with E-state index in [1.165, 1.54) is 11.3 Å². The second-order valence-electron chi connectivity index (χ2n) is 8.88. The highest BCUT2D eigenvalue weighted by Gasteiger charge is 2.53. The summed E-state index contributed by atoms with van der Waals surface area (Å²) in [5.41, 5.74) is 0.781. The quantitative estimate of drug-likeness (QED) is 0.522. The van der Waals surface area contributed by atoms with E-state index >= 15 is 0 Å². The lowest BCUT2D eigenvalue weighted by atomic mass is 10.0. The standard InChI is InChI=1S/C24H23F3N4OS/c1-15-30-20(21(33-15)16-5-3-2-4-6-16)22(32)31-14-23(8-9-23)12-18(31)13-29-19-11-17(7-10-28-19)24(25,26)27/h2-7,10-11,18H,8-9,12-14H2,1H3,(H,28,29)/t18-/m0/s1. The van der Waals surface area contributed by atoms with Crippen molar-refractivity contribution >= 4 is 23.1 Å². The first kappa shape index (κ1) is 21.9. The van der Waals surface area contributed by atoms with Crippen molar-refractivity contribution in [2.45, 2.75) is 38.4 Å². The molecular weight excluding hydrogens is 449 g/mol. The van der Waals surface area contributed by atoms with Gasteiger partial charge in [0.25, 0.3) is 5.91 Å². The molecule has 1 saturated heterocycles. The van der Waals surface area contributed by atoms with Gasteiger partial charge in [0.1, 0.15) is 11.5 Å². The monoisotopic (exact) mass is 472 g/mol. The van der Waals surface area contributed by atoms with Crippen LogP contribution in [0.4, 0.5) is 19.0 Å². The van der Waals surface area contributed by atoms with Crippen molar-refractivity contribution in [3.63, 3.8) is 0 Å². The van der Waals surface area contributed by atoms with Crippen molar-refractivity contribution in [1.82, 2.24) is 14.9 Å². The topological polar surface area (TPSA) is 58.1 Å². The van der Waals surface area contributed by atoms with E-state index in [4.69, 9.17) is 0 Å². The molecule has 1 saturated carbocycles. The maximum atomic E-state index is 13.7. The van der Waals surface area contributed by atoms with Crippen LogP contribution in [0, 0.1) is 12.3 Å². The molecule has 2 fully saturated rings. The summed E-state index contributed by atoms with van der Waals surface area (Å²) in [5.74, 6) is 0.0363. The van der Waals surface area contributed by atoms with E-state index in [1.54, 1.807) is 0 Å². The van der Waals surface area contributed by atoms with Crippen LogP contribution in [0.1, 0.15) is 40.3 Å². The Hall–Kier alpha value is -2.94. The number of pyridine rings is 1. The fraction of sp³-hybridized carbons (Fsp3) is 0.375. The number of hydrogen-bond donors (Lipinski definition) is 1. The Bertz CT molecular complexity index is 1170. The van der Waals surface area contributed by atoms with Gasteiger partial charge in [0.15, 0.2) is 0 Å². The van der Waals surface area contributed by atoms with Gasteiger partial charge in [-0.1, -0.05) is 30.3 Å². The van der Waals surface area contributed by atoms with Gasteiger partial charge < -0.3 is 10.2 Å². The van der Waals surface area contributed by atoms with Crippen LogP contribution in [-0.2, 0) is 6.18 Å². The summed E-state index contributed by atoms with van der Waals surface area (Å²) >= 11 is 1.49. The normalized spacial score (nSPS) is 19.2. The number of thiazole rings is 1. The number of rotatable bonds is 5. The lowest BCUT2D eigenvalue weighted by Crippen LogP contribution is -2.40. The summed E-state index contributed by atoms with van der Waals surface area (Å²) in [6.45, 7) is 2.88. The number of benzene rings is 1. The Labute approximate surface area is 193 Å². The molecule has 9 heteroatoms. The number of amides is 1. The van der Waals surface area contributed by atoms with Gasteiger partial charge in [0, 0.05) is 25.3 Å². The molecule has 1 aliphatic carbocycles. The molecule has 3 aromatic rings. The summed E-state index contributed by atoms with van der Waals surface area (Å²) in [6, 6.07) is 11.5. The number of aromatic nitrogens is 2. The number of carbonyl (C=O) groups excluding carboxylic acids is 1. The molecule has 0 unspecified atom stereocenters. The second-order valence-corrected chi connectivity index (χ2v) is 10.1. The highest BCUT2D eigenvalue weighted by Crippen LogP contribution is 2.55. The fourth-order valence-corrected chi connectivity index (χ4v) is 5.46. The van der Waals surface area contributed by atoms with Gasteiger partial charge in [0.2, 0.25) is 0 Å². The van der Waals surface area contributed by atoms with E-state index in [9.17, 15) is 18.0 Å². The highest BCUT2D eigenvalue weighted by atomic mass is 32.1. The SMILES string of the molecule is Cc1nc(C(=O)N2CC3(CC3)C[C@H]2CNc2cc(C(F)(F)F)ccn2)c(-c2ccccc2)s1. The Morgan fingerprint density at radius 3 is 2.70 bits per heavy atom. The summed E-state index contributed by atoms with van der Waals surface area (Å²) in [7, 11) is 0. The number of halogens is 3. The number of carbonyl (C=O) groups is 1. The minimum Gasteiger partial charge on any atom is -0.368 e. The van der Waals surface area contributed by atoms with Gasteiger partial charge in [-0.25, -0.2) is 9.97 Å². The van der Waals surface area contributed by atoms with Gasteiger partial charge in [-0.15, -0.1) is 11.3 Å². The minimum atomic E-state index is -4.43. The van der Waals surface area contributed by atoms with Gasteiger partial charge in [-0.05, 0) is 49.3 Å². The molecule has 33 heavy (non-hydrogen) atoms. The van der Waals surface area contributed by atoms with Crippen LogP contribution >= 0.6 is 11.3 Å². The number of anilines is 1. The Morgan fingerprint density at radius 2 is 2.00 bits per heavy atom. The number of hydrogen-bond acceptors (Lipinski definition) is 5. The molecular formula is C24H23F3N4OS. The number of aryl methyl sites for hydroxylation is 1. The number of nitrogens with zero attached hydrogens (tertiary/aromatic N) is 3. The second kappa shape index (κ2) is 8.13. The zero-order chi connectivity index (χ0) is 23.2. The zero-order valence-electron chi connectivity index (χ0n) is 18.0. The molecule has 0 bridgehead atoms. The summed E-state index contributed by atoms with van der Waals surface area (Å²) in [4.78, 5) is 24.9. The smallest absolute Gasteiger partial charge is 0.368 e. The van der Waals surface area contributed by atoms with Crippen LogP contribution in [-0.4, -0.2) is 39.9 Å². The summed E-state index contributed by atoms with van der Waals surface area (Å²) < 4.78 is 39.1. The lowest BCUT2D eigenvalue weighted by molar-refractivity contribution is -0.137. The number of likely N-dealkylation sites (tertiary alicyclic amines) is 1. The van der Waals surface area contributed by atoms with E-state index in [0.29, 0.717) is 18.8 Å². The van der Waals surface area contributed by atoms with E-state index < -0.39 is 11.7 Å². The third kappa shape index (κ3) is 4.46. The largest absolute Gasteiger partial charge is 0.416 e. The first-order chi connectivity index (χ1) is 15.7. The number of alkyl halides is 3. The predicted octanol–water partition coefficient (Wildman–Crippen LogP) is 5.64. The van der Waals surface area contributed by atoms with Crippen molar-refractivity contribution in [1.29, 1.82) is 0 Å². The van der Waals surface area contributed by atoms with Crippen molar-refractivity contribution in [2.24, 2.45) is 5.41 Å². The molecule has 0 radical (unpaired) electrons. The molecule has 1 amide bonds. The Kier molecular flexibility index (Phi) is 5.39. The third-order valence-corrected chi connectivity index (χ3v) is 7.43. The fourth-order valence-electron chi connectivity index (χ4n) is 4.54. The first-order valence-electron chi connectivity index (χ1n) is 10.9. The van der Waals surface area contributed by atoms with Crippen LogP contribution < -0.4 is 5.32 Å². The van der Waals surface area contributed by atoms with Crippen molar-refractivity contribution in [3.05, 3.63) is 64.9 Å². The molecule has 1 aromatic carbocycles. The molecule has 1 spiro atoms. The van der Waals surface area contributed by atoms with Crippen LogP contribution in [0.15, 0.2) is 48.7 Å². The zero-order valence-corrected chi connectivity index (χ0v) is 18.8. The van der Waals surface area contributed by atoms with Crippen LogP contribution in [0.5, 0.6) is 0 Å². The highest BCUT2D eigenvalue weighted by molar-refractivity contribution is 7.15. The molecule has 2 aromatic heterocycles. The maximum absolute atomic E-state index is 13.7. The average Bonchev–Trinajstić information content (AvgIpc) is 3.28. The summed E-state index contributed by atoms with van der Waals surface area (Å²) in [5, 5.41) is 3.85. The van der Waals surface area contributed by atoms with Gasteiger partial charge in [-0.3, -0.25) is 4.79 Å². The Morgan fingerprint density at radius 1 is 1.24 bits per heavy atom. The third-order valence-electron chi connectivity index (χ3n) is 6.41. The van der Waals surface area contributed by atoms with Gasteiger partial charge in [-0.2, -0.15) is 13.2 Å². The van der Waals surface area contributed by atoms with E-state index in [1.807, 2.05) is 42.2 Å². The van der Waals surface area contributed by atoms with Crippen LogP contribution in [0.25, 0.3) is 10.4 Å². The maximum Gasteiger partial charge on any atom is 0.416 e. The predicted molar refractivity (Wildman–Crippen MR) is 121 cm³/mol. The van der Waals surface area contributed by atoms with Crippen LogP contribution in [0.3, 0.4) is 0 Å². The molecule has 1 atom stereocenters. The van der Waals surface area contributed by atoms with E-state index in [-0.39, 0.29) is 23.2 Å². The molecule has 5 nitrogen and oxygen atoms in total. The average molecular weight is 473 g/mol. The molecule has 172 valence electrons. The van der Waals surface area contributed by atoms with Crippen molar-refractivity contribution < 1.29 is 18.0 Å².